The number of ether oxygens (including phenoxy) is 1. The summed E-state index contributed by atoms with van der Waals surface area (Å²) in [6, 6.07) is 8.83. The molecule has 0 atom stereocenters. The van der Waals surface area contributed by atoms with Gasteiger partial charge in [-0.05, 0) is 67.8 Å². The van der Waals surface area contributed by atoms with Gasteiger partial charge in [-0.25, -0.2) is 8.78 Å². The second-order valence-corrected chi connectivity index (χ2v) is 5.32. The number of halogens is 4. The van der Waals surface area contributed by atoms with Crippen molar-refractivity contribution < 1.29 is 13.5 Å². The molecule has 0 fully saturated rings. The van der Waals surface area contributed by atoms with Gasteiger partial charge in [0, 0.05) is 0 Å². The second-order valence-electron chi connectivity index (χ2n) is 3.61. The topological polar surface area (TPSA) is 9.23 Å². The van der Waals surface area contributed by atoms with Crippen LogP contribution in [-0.2, 0) is 6.61 Å². The Bertz CT molecular complexity index is 573. The Balaban J connectivity index is 2.09. The molecule has 0 saturated carbocycles. The molecule has 0 saturated heterocycles. The number of benzene rings is 2. The van der Waals surface area contributed by atoms with Crippen molar-refractivity contribution in [3.8, 4) is 5.75 Å². The lowest BCUT2D eigenvalue weighted by atomic mass is 10.2. The van der Waals surface area contributed by atoms with E-state index in [-0.39, 0.29) is 18.2 Å². The number of rotatable bonds is 3. The van der Waals surface area contributed by atoms with E-state index in [1.807, 2.05) is 0 Å². The van der Waals surface area contributed by atoms with Gasteiger partial charge in [-0.15, -0.1) is 0 Å². The first-order valence-electron chi connectivity index (χ1n) is 5.08. The van der Waals surface area contributed by atoms with Crippen molar-refractivity contribution >= 4 is 31.9 Å². The van der Waals surface area contributed by atoms with E-state index in [9.17, 15) is 8.78 Å². The minimum atomic E-state index is -0.334. The zero-order valence-electron chi connectivity index (χ0n) is 9.09. The highest BCUT2D eigenvalue weighted by Crippen LogP contribution is 2.26. The fourth-order valence-electron chi connectivity index (χ4n) is 1.38. The molecular weight excluding hydrogens is 370 g/mol. The largest absolute Gasteiger partial charge is 0.488 e. The Morgan fingerprint density at radius 1 is 0.944 bits per heavy atom. The molecule has 5 heteroatoms. The van der Waals surface area contributed by atoms with Crippen LogP contribution in [0.3, 0.4) is 0 Å². The van der Waals surface area contributed by atoms with Crippen molar-refractivity contribution in [3.63, 3.8) is 0 Å². The average molecular weight is 378 g/mol. The van der Waals surface area contributed by atoms with Crippen molar-refractivity contribution in [2.45, 2.75) is 6.61 Å². The van der Waals surface area contributed by atoms with Crippen molar-refractivity contribution in [3.05, 3.63) is 62.5 Å². The Morgan fingerprint density at radius 3 is 2.39 bits per heavy atom. The Hall–Kier alpha value is -0.940. The van der Waals surface area contributed by atoms with E-state index in [1.165, 1.54) is 24.3 Å². The number of hydrogen-bond donors (Lipinski definition) is 0. The fraction of sp³-hybridized carbons (Fsp3) is 0.0769. The summed E-state index contributed by atoms with van der Waals surface area (Å²) >= 11 is 6.32. The zero-order chi connectivity index (χ0) is 13.1. The lowest BCUT2D eigenvalue weighted by Crippen LogP contribution is -1.97. The van der Waals surface area contributed by atoms with Crippen LogP contribution in [0.1, 0.15) is 5.56 Å². The summed E-state index contributed by atoms with van der Waals surface area (Å²) in [6.07, 6.45) is 0. The van der Waals surface area contributed by atoms with Gasteiger partial charge in [-0.2, -0.15) is 0 Å². The SMILES string of the molecule is Fc1ccc(OCc2ccc(F)c(Br)c2)c(Br)c1. The van der Waals surface area contributed by atoms with Crippen molar-refractivity contribution in [1.29, 1.82) is 0 Å². The molecule has 0 heterocycles. The first-order valence-corrected chi connectivity index (χ1v) is 6.66. The van der Waals surface area contributed by atoms with Gasteiger partial charge in [0.05, 0.1) is 8.95 Å². The second kappa shape index (κ2) is 5.80. The molecule has 0 aliphatic heterocycles. The highest BCUT2D eigenvalue weighted by Gasteiger charge is 2.05. The molecule has 2 rings (SSSR count). The van der Waals surface area contributed by atoms with Crippen molar-refractivity contribution in [2.24, 2.45) is 0 Å². The molecule has 2 aromatic rings. The van der Waals surface area contributed by atoms with Gasteiger partial charge >= 0.3 is 0 Å². The molecule has 0 spiro atoms. The van der Waals surface area contributed by atoms with Crippen LogP contribution >= 0.6 is 31.9 Å². The third kappa shape index (κ3) is 3.29. The Kier molecular flexibility index (Phi) is 4.35. The minimum Gasteiger partial charge on any atom is -0.488 e. The maximum atomic E-state index is 13.0. The first-order chi connectivity index (χ1) is 8.56. The molecule has 0 amide bonds. The van der Waals surface area contributed by atoms with E-state index in [0.717, 1.165) is 5.56 Å². The number of hydrogen-bond acceptors (Lipinski definition) is 1. The minimum absolute atomic E-state index is 0.281. The summed E-state index contributed by atoms with van der Waals surface area (Å²) in [7, 11) is 0. The van der Waals surface area contributed by atoms with Crippen LogP contribution in [0.15, 0.2) is 45.3 Å². The summed E-state index contributed by atoms with van der Waals surface area (Å²) < 4.78 is 32.4. The lowest BCUT2D eigenvalue weighted by molar-refractivity contribution is 0.303. The third-order valence-corrected chi connectivity index (χ3v) is 3.50. The van der Waals surface area contributed by atoms with Gasteiger partial charge in [-0.3, -0.25) is 0 Å². The Morgan fingerprint density at radius 2 is 1.72 bits per heavy atom. The fourth-order valence-corrected chi connectivity index (χ4v) is 2.27. The highest BCUT2D eigenvalue weighted by atomic mass is 79.9. The molecule has 0 N–H and O–H groups in total. The van der Waals surface area contributed by atoms with E-state index in [0.29, 0.717) is 14.7 Å². The highest BCUT2D eigenvalue weighted by molar-refractivity contribution is 9.10. The third-order valence-electron chi connectivity index (χ3n) is 2.27. The summed E-state index contributed by atoms with van der Waals surface area (Å²) in [4.78, 5) is 0. The smallest absolute Gasteiger partial charge is 0.137 e. The summed E-state index contributed by atoms with van der Waals surface area (Å²) in [5.74, 6) is -0.114. The molecule has 1 nitrogen and oxygen atoms in total. The van der Waals surface area contributed by atoms with Crippen LogP contribution in [0.25, 0.3) is 0 Å². The summed E-state index contributed by atoms with van der Waals surface area (Å²) in [6.45, 7) is 0.281. The molecule has 18 heavy (non-hydrogen) atoms. The van der Waals surface area contributed by atoms with Gasteiger partial charge in [0.15, 0.2) is 0 Å². The molecule has 0 aliphatic carbocycles. The quantitative estimate of drug-likeness (QED) is 0.725. The molecule has 0 unspecified atom stereocenters. The van der Waals surface area contributed by atoms with E-state index >= 15 is 0 Å². The van der Waals surface area contributed by atoms with Gasteiger partial charge in [0.1, 0.15) is 24.0 Å². The summed E-state index contributed by atoms with van der Waals surface area (Å²) in [5, 5.41) is 0. The van der Waals surface area contributed by atoms with Crippen LogP contribution in [0.2, 0.25) is 0 Å². The molecule has 0 aromatic heterocycles. The van der Waals surface area contributed by atoms with Crippen LogP contribution in [-0.4, -0.2) is 0 Å². The molecule has 2 aromatic carbocycles. The maximum Gasteiger partial charge on any atom is 0.137 e. The standard InChI is InChI=1S/C13H8Br2F2O/c14-10-5-8(1-3-12(10)17)7-18-13-4-2-9(16)6-11(13)15/h1-6H,7H2. The Labute approximate surface area is 120 Å². The zero-order valence-corrected chi connectivity index (χ0v) is 12.3. The molecule has 0 radical (unpaired) electrons. The van der Waals surface area contributed by atoms with Crippen molar-refractivity contribution in [1.82, 2.24) is 0 Å². The van der Waals surface area contributed by atoms with Gasteiger partial charge in [-0.1, -0.05) is 6.07 Å². The van der Waals surface area contributed by atoms with E-state index < -0.39 is 0 Å². The van der Waals surface area contributed by atoms with Crippen LogP contribution in [0.4, 0.5) is 8.78 Å². The molecule has 94 valence electrons. The average Bonchev–Trinajstić information content (AvgIpc) is 2.32. The van der Waals surface area contributed by atoms with Gasteiger partial charge in [0.2, 0.25) is 0 Å². The van der Waals surface area contributed by atoms with E-state index in [2.05, 4.69) is 31.9 Å². The van der Waals surface area contributed by atoms with E-state index in [4.69, 9.17) is 4.74 Å². The monoisotopic (exact) mass is 376 g/mol. The summed E-state index contributed by atoms with van der Waals surface area (Å²) in [5.41, 5.74) is 0.819. The van der Waals surface area contributed by atoms with Gasteiger partial charge < -0.3 is 4.74 Å². The predicted molar refractivity (Wildman–Crippen MR) is 72.5 cm³/mol. The molecule has 0 bridgehead atoms. The van der Waals surface area contributed by atoms with E-state index in [1.54, 1.807) is 12.1 Å². The van der Waals surface area contributed by atoms with Crippen LogP contribution < -0.4 is 4.74 Å². The van der Waals surface area contributed by atoms with Crippen molar-refractivity contribution in [2.75, 3.05) is 0 Å². The van der Waals surface area contributed by atoms with Gasteiger partial charge in [0.25, 0.3) is 0 Å². The first kappa shape index (κ1) is 13.5. The molecule has 0 aliphatic rings. The van der Waals surface area contributed by atoms with Crippen LogP contribution in [0, 0.1) is 11.6 Å². The lowest BCUT2D eigenvalue weighted by Gasteiger charge is -2.08. The normalized spacial score (nSPS) is 10.4. The van der Waals surface area contributed by atoms with Crippen LogP contribution in [0.5, 0.6) is 5.75 Å². The molecular formula is C13H8Br2F2O. The maximum absolute atomic E-state index is 13.0. The predicted octanol–water partition coefficient (Wildman–Crippen LogP) is 5.07.